The van der Waals surface area contributed by atoms with Gasteiger partial charge in [0.2, 0.25) is 11.7 Å². The van der Waals surface area contributed by atoms with Gasteiger partial charge in [-0.1, -0.05) is 5.16 Å². The molecule has 1 saturated heterocycles. The van der Waals surface area contributed by atoms with Crippen molar-refractivity contribution in [3.8, 4) is 0 Å². The highest BCUT2D eigenvalue weighted by Gasteiger charge is 2.23. The van der Waals surface area contributed by atoms with Crippen molar-refractivity contribution < 1.29 is 19.2 Å². The first-order chi connectivity index (χ1) is 7.25. The topological polar surface area (TPSA) is 85.5 Å². The molecule has 0 amide bonds. The number of hydrogen-bond acceptors (Lipinski definition) is 5. The van der Waals surface area contributed by atoms with Crippen molar-refractivity contribution in [1.82, 2.24) is 10.1 Å². The number of aliphatic carboxylic acids is 1. The summed E-state index contributed by atoms with van der Waals surface area (Å²) < 4.78 is 10.3. The van der Waals surface area contributed by atoms with Crippen LogP contribution in [0.1, 0.15) is 37.1 Å². The van der Waals surface area contributed by atoms with Crippen LogP contribution in [0.4, 0.5) is 0 Å². The molecule has 1 aliphatic rings. The number of carboxylic acids is 1. The minimum Gasteiger partial charge on any atom is -0.481 e. The predicted molar refractivity (Wildman–Crippen MR) is 48.2 cm³/mol. The van der Waals surface area contributed by atoms with Gasteiger partial charge in [0.1, 0.15) is 6.10 Å². The molecule has 1 aliphatic heterocycles. The van der Waals surface area contributed by atoms with E-state index in [1.165, 1.54) is 0 Å². The van der Waals surface area contributed by atoms with Gasteiger partial charge in [0.05, 0.1) is 6.42 Å². The SMILES string of the molecule is O=C(O)CCc1nc(C2CCCO2)no1. The van der Waals surface area contributed by atoms with Gasteiger partial charge < -0.3 is 14.4 Å². The van der Waals surface area contributed by atoms with E-state index >= 15 is 0 Å². The average Bonchev–Trinajstić information content (AvgIpc) is 2.85. The lowest BCUT2D eigenvalue weighted by atomic mass is 10.2. The monoisotopic (exact) mass is 212 g/mol. The number of ether oxygens (including phenoxy) is 1. The van der Waals surface area contributed by atoms with E-state index in [2.05, 4.69) is 10.1 Å². The normalized spacial score (nSPS) is 20.7. The van der Waals surface area contributed by atoms with E-state index in [0.717, 1.165) is 19.4 Å². The molecule has 15 heavy (non-hydrogen) atoms. The number of rotatable bonds is 4. The molecule has 0 aromatic carbocycles. The fourth-order valence-electron chi connectivity index (χ4n) is 1.50. The van der Waals surface area contributed by atoms with Gasteiger partial charge in [-0.05, 0) is 12.8 Å². The van der Waals surface area contributed by atoms with Crippen molar-refractivity contribution in [3.05, 3.63) is 11.7 Å². The van der Waals surface area contributed by atoms with E-state index in [4.69, 9.17) is 14.4 Å². The Morgan fingerprint density at radius 2 is 2.47 bits per heavy atom. The number of hydrogen-bond donors (Lipinski definition) is 1. The first-order valence-electron chi connectivity index (χ1n) is 4.91. The van der Waals surface area contributed by atoms with Crippen LogP contribution in [0.3, 0.4) is 0 Å². The molecule has 0 aliphatic carbocycles. The van der Waals surface area contributed by atoms with Crippen LogP contribution in [-0.2, 0) is 16.0 Å². The molecule has 82 valence electrons. The zero-order valence-electron chi connectivity index (χ0n) is 8.18. The minimum absolute atomic E-state index is 0.00710. The first-order valence-corrected chi connectivity index (χ1v) is 4.91. The molecule has 2 rings (SSSR count). The van der Waals surface area contributed by atoms with Crippen LogP contribution >= 0.6 is 0 Å². The van der Waals surface area contributed by atoms with Crippen molar-refractivity contribution in [2.24, 2.45) is 0 Å². The van der Waals surface area contributed by atoms with Crippen LogP contribution < -0.4 is 0 Å². The average molecular weight is 212 g/mol. The van der Waals surface area contributed by atoms with Crippen LogP contribution in [0.15, 0.2) is 4.52 Å². The molecule has 1 unspecified atom stereocenters. The summed E-state index contributed by atoms with van der Waals surface area (Å²) in [7, 11) is 0. The summed E-state index contributed by atoms with van der Waals surface area (Å²) in [6, 6.07) is 0. The quantitative estimate of drug-likeness (QED) is 0.799. The van der Waals surface area contributed by atoms with E-state index in [0.29, 0.717) is 11.7 Å². The second-order valence-electron chi connectivity index (χ2n) is 3.44. The molecule has 0 saturated carbocycles. The molecule has 6 heteroatoms. The molecule has 0 bridgehead atoms. The molecular weight excluding hydrogens is 200 g/mol. The Morgan fingerprint density at radius 1 is 1.60 bits per heavy atom. The highest BCUT2D eigenvalue weighted by Crippen LogP contribution is 2.26. The molecule has 1 aromatic heterocycles. The van der Waals surface area contributed by atoms with Crippen molar-refractivity contribution in [3.63, 3.8) is 0 Å². The van der Waals surface area contributed by atoms with Crippen LogP contribution in [0.2, 0.25) is 0 Å². The van der Waals surface area contributed by atoms with E-state index < -0.39 is 5.97 Å². The molecule has 1 fully saturated rings. The van der Waals surface area contributed by atoms with E-state index in [9.17, 15) is 4.79 Å². The van der Waals surface area contributed by atoms with Crippen LogP contribution in [-0.4, -0.2) is 27.8 Å². The predicted octanol–water partition coefficient (Wildman–Crippen LogP) is 0.938. The third-order valence-electron chi connectivity index (χ3n) is 2.25. The van der Waals surface area contributed by atoms with Gasteiger partial charge in [-0.3, -0.25) is 4.79 Å². The maximum atomic E-state index is 10.3. The third-order valence-corrected chi connectivity index (χ3v) is 2.25. The zero-order chi connectivity index (χ0) is 10.7. The maximum Gasteiger partial charge on any atom is 0.303 e. The Kier molecular flexibility index (Phi) is 2.96. The third kappa shape index (κ3) is 2.53. The number of carbonyl (C=O) groups is 1. The summed E-state index contributed by atoms with van der Waals surface area (Å²) in [4.78, 5) is 14.4. The zero-order valence-corrected chi connectivity index (χ0v) is 8.18. The Labute approximate surface area is 86.2 Å². The second kappa shape index (κ2) is 4.39. The lowest BCUT2D eigenvalue weighted by molar-refractivity contribution is -0.137. The Bertz CT molecular complexity index is 344. The van der Waals surface area contributed by atoms with Crippen molar-refractivity contribution >= 4 is 5.97 Å². The molecule has 0 spiro atoms. The smallest absolute Gasteiger partial charge is 0.303 e. The summed E-state index contributed by atoms with van der Waals surface area (Å²) in [6.45, 7) is 0.726. The van der Waals surface area contributed by atoms with Crippen molar-refractivity contribution in [2.45, 2.75) is 31.8 Å². The molecule has 1 N–H and O–H groups in total. The molecule has 1 atom stereocenters. The van der Waals surface area contributed by atoms with Crippen molar-refractivity contribution in [2.75, 3.05) is 6.61 Å². The number of carboxylic acid groups (broad SMARTS) is 1. The lowest BCUT2D eigenvalue weighted by Crippen LogP contribution is -2.00. The fraction of sp³-hybridized carbons (Fsp3) is 0.667. The Hall–Kier alpha value is -1.43. The molecule has 1 aromatic rings. The molecule has 6 nitrogen and oxygen atoms in total. The highest BCUT2D eigenvalue weighted by atomic mass is 16.5. The van der Waals surface area contributed by atoms with Gasteiger partial charge in [-0.25, -0.2) is 0 Å². The lowest BCUT2D eigenvalue weighted by Gasteiger charge is -2.00. The van der Waals surface area contributed by atoms with Gasteiger partial charge >= 0.3 is 5.97 Å². The van der Waals surface area contributed by atoms with Crippen molar-refractivity contribution in [1.29, 1.82) is 0 Å². The van der Waals surface area contributed by atoms with Crippen LogP contribution in [0.25, 0.3) is 0 Å². The van der Waals surface area contributed by atoms with Gasteiger partial charge in [0.25, 0.3) is 0 Å². The minimum atomic E-state index is -0.869. The van der Waals surface area contributed by atoms with Gasteiger partial charge in [0, 0.05) is 13.0 Å². The second-order valence-corrected chi connectivity index (χ2v) is 3.44. The summed E-state index contributed by atoms with van der Waals surface area (Å²) in [5.41, 5.74) is 0. The molecule has 2 heterocycles. The summed E-state index contributed by atoms with van der Waals surface area (Å²) in [5.74, 6) is 0.0302. The van der Waals surface area contributed by atoms with Crippen LogP contribution in [0, 0.1) is 0 Å². The summed E-state index contributed by atoms with van der Waals surface area (Å²) in [5, 5.41) is 12.3. The molecule has 0 radical (unpaired) electrons. The first kappa shape index (κ1) is 10.1. The summed E-state index contributed by atoms with van der Waals surface area (Å²) in [6.07, 6.45) is 2.11. The highest BCUT2D eigenvalue weighted by molar-refractivity contribution is 5.66. The molecular formula is C9H12N2O4. The summed E-state index contributed by atoms with van der Waals surface area (Å²) >= 11 is 0. The Balaban J connectivity index is 1.94. The number of nitrogens with zero attached hydrogens (tertiary/aromatic N) is 2. The standard InChI is InChI=1S/C9H12N2O4/c12-8(13)4-3-7-10-9(11-15-7)6-2-1-5-14-6/h6H,1-5H2,(H,12,13). The fourth-order valence-corrected chi connectivity index (χ4v) is 1.50. The largest absolute Gasteiger partial charge is 0.481 e. The number of aromatic nitrogens is 2. The Morgan fingerprint density at radius 3 is 3.13 bits per heavy atom. The van der Waals surface area contributed by atoms with E-state index in [1.54, 1.807) is 0 Å². The van der Waals surface area contributed by atoms with Gasteiger partial charge in [-0.2, -0.15) is 4.98 Å². The van der Waals surface area contributed by atoms with E-state index in [1.807, 2.05) is 0 Å². The van der Waals surface area contributed by atoms with Gasteiger partial charge in [-0.15, -0.1) is 0 Å². The van der Waals surface area contributed by atoms with Gasteiger partial charge in [0.15, 0.2) is 0 Å². The van der Waals surface area contributed by atoms with E-state index in [-0.39, 0.29) is 18.9 Å². The maximum absolute atomic E-state index is 10.3. The van der Waals surface area contributed by atoms with Crippen LogP contribution in [0.5, 0.6) is 0 Å². The number of aryl methyl sites for hydroxylation is 1.